The van der Waals surface area contributed by atoms with Gasteiger partial charge in [0.05, 0.1) is 36.2 Å². The smallest absolute Gasteiger partial charge is 0.239 e. The highest BCUT2D eigenvalue weighted by Crippen LogP contribution is 2.65. The van der Waals surface area contributed by atoms with Crippen LogP contribution >= 0.6 is 0 Å². The average Bonchev–Trinajstić information content (AvgIpc) is 3.09. The van der Waals surface area contributed by atoms with E-state index in [0.717, 1.165) is 22.3 Å². The first kappa shape index (κ1) is 19.3. The highest BCUT2D eigenvalue weighted by atomic mass is 16.5. The van der Waals surface area contributed by atoms with Crippen molar-refractivity contribution in [3.8, 4) is 5.75 Å². The van der Waals surface area contributed by atoms with Crippen LogP contribution in [0.3, 0.4) is 0 Å². The van der Waals surface area contributed by atoms with Gasteiger partial charge in [-0.3, -0.25) is 9.59 Å². The minimum Gasteiger partial charge on any atom is -0.495 e. The van der Waals surface area contributed by atoms with Crippen molar-refractivity contribution in [3.05, 3.63) is 95.1 Å². The van der Waals surface area contributed by atoms with Gasteiger partial charge in [-0.15, -0.1) is 0 Å². The standard InChI is InChI=1S/C27H23NO4/c1-15(29)27-18-11-5-3-9-16(18)22(17-10-4-6-12-19(17)27)23-24(27)26(31)28(25(23)30)20-13-7-8-14-21(20)32-2/h3-15,22-24,29H,1-2H3/t15-,22?,23+,24-,27?/m1/s1. The molecule has 3 aromatic carbocycles. The van der Waals surface area contributed by atoms with Gasteiger partial charge in [0.25, 0.3) is 0 Å². The van der Waals surface area contributed by atoms with E-state index in [0.29, 0.717) is 11.4 Å². The molecule has 0 saturated carbocycles. The molecule has 3 aromatic rings. The molecular formula is C27H23NO4. The summed E-state index contributed by atoms with van der Waals surface area (Å²) in [5.74, 6) is -1.53. The first-order valence-corrected chi connectivity index (χ1v) is 10.9. The zero-order valence-corrected chi connectivity index (χ0v) is 17.9. The van der Waals surface area contributed by atoms with Crippen molar-refractivity contribution in [2.75, 3.05) is 12.0 Å². The van der Waals surface area contributed by atoms with Crippen molar-refractivity contribution >= 4 is 17.5 Å². The number of imide groups is 1. The van der Waals surface area contributed by atoms with Gasteiger partial charge in [0.1, 0.15) is 5.75 Å². The van der Waals surface area contributed by atoms with Gasteiger partial charge in [0, 0.05) is 5.92 Å². The zero-order chi connectivity index (χ0) is 22.2. The molecule has 1 heterocycles. The summed E-state index contributed by atoms with van der Waals surface area (Å²) in [4.78, 5) is 29.3. The molecular weight excluding hydrogens is 402 g/mol. The van der Waals surface area contributed by atoms with Crippen LogP contribution in [0, 0.1) is 11.8 Å². The van der Waals surface area contributed by atoms with E-state index < -0.39 is 23.4 Å². The molecule has 0 spiro atoms. The summed E-state index contributed by atoms with van der Waals surface area (Å²) in [6, 6.07) is 23.0. The van der Waals surface area contributed by atoms with Crippen LogP contribution in [0.2, 0.25) is 0 Å². The third kappa shape index (κ3) is 2.07. The number of hydrogen-bond acceptors (Lipinski definition) is 4. The molecule has 3 atom stereocenters. The van der Waals surface area contributed by atoms with Crippen LogP contribution in [-0.2, 0) is 15.0 Å². The highest BCUT2D eigenvalue weighted by molar-refractivity contribution is 6.24. The third-order valence-corrected chi connectivity index (χ3v) is 7.67. The lowest BCUT2D eigenvalue weighted by atomic mass is 9.46. The van der Waals surface area contributed by atoms with Crippen molar-refractivity contribution in [1.29, 1.82) is 0 Å². The van der Waals surface area contributed by atoms with E-state index in [4.69, 9.17) is 4.74 Å². The SMILES string of the molecule is COc1ccccc1N1C(=O)[C@H]2C3c4ccccc4C([C@@H](C)O)(c4ccccc43)[C@H]2C1=O. The van der Waals surface area contributed by atoms with Gasteiger partial charge in [-0.2, -0.15) is 0 Å². The molecule has 0 unspecified atom stereocenters. The van der Waals surface area contributed by atoms with E-state index in [1.165, 1.54) is 12.0 Å². The molecule has 1 fully saturated rings. The fourth-order valence-electron chi connectivity index (χ4n) is 6.59. The van der Waals surface area contributed by atoms with Gasteiger partial charge >= 0.3 is 0 Å². The molecule has 160 valence electrons. The van der Waals surface area contributed by atoms with Gasteiger partial charge in [0.15, 0.2) is 0 Å². The quantitative estimate of drug-likeness (QED) is 0.651. The van der Waals surface area contributed by atoms with Crippen LogP contribution in [0.25, 0.3) is 0 Å². The van der Waals surface area contributed by atoms with E-state index in [1.54, 1.807) is 25.1 Å². The molecule has 5 heteroatoms. The number of hydrogen-bond donors (Lipinski definition) is 1. The molecule has 32 heavy (non-hydrogen) atoms. The Bertz CT molecular complexity index is 1230. The molecule has 2 amide bonds. The van der Waals surface area contributed by atoms with Crippen LogP contribution in [0.5, 0.6) is 5.75 Å². The van der Waals surface area contributed by atoms with E-state index >= 15 is 0 Å². The number of anilines is 1. The number of methoxy groups -OCH3 is 1. The summed E-state index contributed by atoms with van der Waals surface area (Å²) in [5.41, 5.74) is 3.40. The summed E-state index contributed by atoms with van der Waals surface area (Å²) in [6.07, 6.45) is -0.868. The lowest BCUT2D eigenvalue weighted by molar-refractivity contribution is -0.126. The first-order chi connectivity index (χ1) is 15.5. The Morgan fingerprint density at radius 3 is 2.03 bits per heavy atom. The predicted molar refractivity (Wildman–Crippen MR) is 120 cm³/mol. The minimum atomic E-state index is -0.990. The highest BCUT2D eigenvalue weighted by Gasteiger charge is 2.69. The molecule has 1 N–H and O–H groups in total. The van der Waals surface area contributed by atoms with E-state index in [2.05, 4.69) is 0 Å². The van der Waals surface area contributed by atoms with Crippen LogP contribution in [-0.4, -0.2) is 30.1 Å². The summed E-state index contributed by atoms with van der Waals surface area (Å²) in [6.45, 7) is 1.74. The number of para-hydroxylation sites is 2. The summed E-state index contributed by atoms with van der Waals surface area (Å²) >= 11 is 0. The third-order valence-electron chi connectivity index (χ3n) is 7.67. The summed E-state index contributed by atoms with van der Waals surface area (Å²) < 4.78 is 5.48. The van der Waals surface area contributed by atoms with Crippen molar-refractivity contribution in [2.45, 2.75) is 24.4 Å². The molecule has 1 aliphatic heterocycles. The van der Waals surface area contributed by atoms with Gasteiger partial charge in [0.2, 0.25) is 11.8 Å². The topological polar surface area (TPSA) is 66.8 Å². The fraction of sp³-hybridized carbons (Fsp3) is 0.259. The maximum Gasteiger partial charge on any atom is 0.239 e. The lowest BCUT2D eigenvalue weighted by Gasteiger charge is -2.55. The molecule has 2 bridgehead atoms. The fourth-order valence-corrected chi connectivity index (χ4v) is 6.59. The van der Waals surface area contributed by atoms with Gasteiger partial charge in [-0.1, -0.05) is 60.7 Å². The normalized spacial score (nSPS) is 28.2. The van der Waals surface area contributed by atoms with E-state index in [9.17, 15) is 14.7 Å². The second-order valence-electron chi connectivity index (χ2n) is 8.88. The average molecular weight is 425 g/mol. The van der Waals surface area contributed by atoms with Crippen LogP contribution in [0.1, 0.15) is 35.1 Å². The summed E-state index contributed by atoms with van der Waals surface area (Å²) in [7, 11) is 1.53. The monoisotopic (exact) mass is 425 g/mol. The number of aliphatic hydroxyl groups is 1. The number of benzene rings is 3. The number of nitrogens with zero attached hydrogens (tertiary/aromatic N) is 1. The number of aliphatic hydroxyl groups excluding tert-OH is 1. The largest absolute Gasteiger partial charge is 0.495 e. The number of carbonyl (C=O) groups is 2. The van der Waals surface area contributed by atoms with Crippen LogP contribution < -0.4 is 9.64 Å². The molecule has 1 saturated heterocycles. The Kier molecular flexibility index (Phi) is 3.93. The molecule has 0 radical (unpaired) electrons. The van der Waals surface area contributed by atoms with Crippen molar-refractivity contribution in [3.63, 3.8) is 0 Å². The molecule has 3 aliphatic carbocycles. The zero-order valence-electron chi connectivity index (χ0n) is 17.9. The number of carbonyl (C=O) groups excluding carboxylic acids is 2. The Balaban J connectivity index is 1.66. The second kappa shape index (κ2) is 6.53. The van der Waals surface area contributed by atoms with Crippen LogP contribution in [0.4, 0.5) is 5.69 Å². The van der Waals surface area contributed by atoms with Crippen molar-refractivity contribution in [2.24, 2.45) is 11.8 Å². The van der Waals surface area contributed by atoms with E-state index in [-0.39, 0.29) is 17.7 Å². The van der Waals surface area contributed by atoms with E-state index in [1.807, 2.05) is 54.6 Å². The second-order valence-corrected chi connectivity index (χ2v) is 8.88. The molecule has 4 aliphatic rings. The van der Waals surface area contributed by atoms with Crippen LogP contribution in [0.15, 0.2) is 72.8 Å². The molecule has 0 aromatic heterocycles. The number of amides is 2. The van der Waals surface area contributed by atoms with Gasteiger partial charge in [-0.05, 0) is 41.3 Å². The van der Waals surface area contributed by atoms with Gasteiger partial charge < -0.3 is 9.84 Å². The van der Waals surface area contributed by atoms with Gasteiger partial charge in [-0.25, -0.2) is 4.90 Å². The predicted octanol–water partition coefficient (Wildman–Crippen LogP) is 3.63. The molecule has 5 nitrogen and oxygen atoms in total. The Labute approximate surface area is 186 Å². The Morgan fingerprint density at radius 1 is 0.875 bits per heavy atom. The van der Waals surface area contributed by atoms with Crippen molar-refractivity contribution in [1.82, 2.24) is 0 Å². The first-order valence-electron chi connectivity index (χ1n) is 10.9. The maximum atomic E-state index is 14.1. The molecule has 7 rings (SSSR count). The maximum absolute atomic E-state index is 14.1. The lowest BCUT2D eigenvalue weighted by Crippen LogP contribution is -2.58. The number of rotatable bonds is 3. The Hall–Kier alpha value is -3.44. The summed E-state index contributed by atoms with van der Waals surface area (Å²) in [5, 5.41) is 11.3. The Morgan fingerprint density at radius 2 is 1.44 bits per heavy atom. The number of ether oxygens (including phenoxy) is 1. The van der Waals surface area contributed by atoms with Crippen molar-refractivity contribution < 1.29 is 19.4 Å². The minimum absolute atomic E-state index is 0.232.